The van der Waals surface area contributed by atoms with Gasteiger partial charge in [0.2, 0.25) is 11.8 Å². The summed E-state index contributed by atoms with van der Waals surface area (Å²) in [5.41, 5.74) is 0. The molecule has 0 spiro atoms. The number of hydrogen-bond donors (Lipinski definition) is 1. The smallest absolute Gasteiger partial charge is 0.246 e. The number of carbonyl (C=O) groups is 2. The SMILES string of the molecule is O=C1CCSCC(C(=O)N2CCCCC2)N1. The lowest BCUT2D eigenvalue weighted by molar-refractivity contribution is -0.136. The molecule has 2 fully saturated rings. The van der Waals surface area contributed by atoms with Crippen LogP contribution in [0.5, 0.6) is 0 Å². The van der Waals surface area contributed by atoms with Gasteiger partial charge in [-0.15, -0.1) is 0 Å². The van der Waals surface area contributed by atoms with Crippen LogP contribution in [0.3, 0.4) is 0 Å². The molecule has 0 bridgehead atoms. The van der Waals surface area contributed by atoms with E-state index in [0.717, 1.165) is 37.4 Å². The number of amides is 2. The maximum atomic E-state index is 12.1. The second-order valence-electron chi connectivity index (χ2n) is 4.33. The molecule has 1 N–H and O–H groups in total. The zero-order valence-corrected chi connectivity index (χ0v) is 10.2. The van der Waals surface area contributed by atoms with Crippen molar-refractivity contribution in [1.29, 1.82) is 0 Å². The lowest BCUT2D eigenvalue weighted by Gasteiger charge is -2.30. The molecule has 1 unspecified atom stereocenters. The van der Waals surface area contributed by atoms with Gasteiger partial charge in [0.15, 0.2) is 0 Å². The lowest BCUT2D eigenvalue weighted by Crippen LogP contribution is -2.50. The molecular weight excluding hydrogens is 224 g/mol. The summed E-state index contributed by atoms with van der Waals surface area (Å²) in [6.45, 7) is 1.71. The van der Waals surface area contributed by atoms with Crippen molar-refractivity contribution in [1.82, 2.24) is 10.2 Å². The van der Waals surface area contributed by atoms with Crippen molar-refractivity contribution in [3.05, 3.63) is 0 Å². The average Bonchev–Trinajstić information content (AvgIpc) is 2.54. The van der Waals surface area contributed by atoms with E-state index in [4.69, 9.17) is 0 Å². The number of nitrogens with zero attached hydrogens (tertiary/aromatic N) is 1. The Hall–Kier alpha value is -0.710. The van der Waals surface area contributed by atoms with Gasteiger partial charge in [-0.3, -0.25) is 9.59 Å². The lowest BCUT2D eigenvalue weighted by atomic mass is 10.1. The van der Waals surface area contributed by atoms with Crippen LogP contribution in [0.15, 0.2) is 0 Å². The van der Waals surface area contributed by atoms with Gasteiger partial charge in [-0.25, -0.2) is 0 Å². The monoisotopic (exact) mass is 242 g/mol. The second-order valence-corrected chi connectivity index (χ2v) is 5.48. The quantitative estimate of drug-likeness (QED) is 0.733. The molecule has 2 amide bonds. The first kappa shape index (κ1) is 11.8. The predicted octanol–water partition coefficient (Wildman–Crippen LogP) is 0.621. The number of nitrogens with one attached hydrogen (secondary N) is 1. The van der Waals surface area contributed by atoms with Gasteiger partial charge < -0.3 is 10.2 Å². The molecule has 5 heteroatoms. The van der Waals surface area contributed by atoms with Gasteiger partial charge in [0.25, 0.3) is 0 Å². The van der Waals surface area contributed by atoms with E-state index in [1.165, 1.54) is 6.42 Å². The number of rotatable bonds is 1. The zero-order chi connectivity index (χ0) is 11.4. The van der Waals surface area contributed by atoms with E-state index >= 15 is 0 Å². The molecule has 0 aromatic rings. The first-order valence-corrected chi connectivity index (χ1v) is 7.09. The molecular formula is C11H18N2O2S. The van der Waals surface area contributed by atoms with Crippen molar-refractivity contribution in [3.8, 4) is 0 Å². The minimum atomic E-state index is -0.293. The van der Waals surface area contributed by atoms with Crippen LogP contribution in [0, 0.1) is 0 Å². The predicted molar refractivity (Wildman–Crippen MR) is 64.3 cm³/mol. The van der Waals surface area contributed by atoms with Crippen molar-refractivity contribution in [2.45, 2.75) is 31.7 Å². The van der Waals surface area contributed by atoms with Crippen molar-refractivity contribution in [3.63, 3.8) is 0 Å². The van der Waals surface area contributed by atoms with E-state index in [0.29, 0.717) is 6.42 Å². The number of hydrogen-bond acceptors (Lipinski definition) is 3. The standard InChI is InChI=1S/C11H18N2O2S/c14-10-4-7-16-8-9(12-10)11(15)13-5-2-1-3-6-13/h9H,1-8H2,(H,12,14). The van der Waals surface area contributed by atoms with Crippen LogP contribution in [0.1, 0.15) is 25.7 Å². The molecule has 2 aliphatic heterocycles. The van der Waals surface area contributed by atoms with Gasteiger partial charge in [-0.05, 0) is 19.3 Å². The maximum Gasteiger partial charge on any atom is 0.246 e. The topological polar surface area (TPSA) is 49.4 Å². The van der Waals surface area contributed by atoms with Crippen LogP contribution >= 0.6 is 11.8 Å². The third-order valence-corrected chi connectivity index (χ3v) is 4.12. The number of carbonyl (C=O) groups excluding carboxylic acids is 2. The summed E-state index contributed by atoms with van der Waals surface area (Å²) in [6.07, 6.45) is 3.95. The first-order valence-electron chi connectivity index (χ1n) is 5.93. The maximum absolute atomic E-state index is 12.1. The Kier molecular flexibility index (Phi) is 4.09. The molecule has 0 aromatic carbocycles. The summed E-state index contributed by atoms with van der Waals surface area (Å²) in [5, 5.41) is 2.82. The summed E-state index contributed by atoms with van der Waals surface area (Å²) in [4.78, 5) is 25.4. The Bertz CT molecular complexity index is 277. The van der Waals surface area contributed by atoms with Crippen LogP contribution in [0.4, 0.5) is 0 Å². The summed E-state index contributed by atoms with van der Waals surface area (Å²) in [5.74, 6) is 1.68. The van der Waals surface area contributed by atoms with Gasteiger partial charge in [0, 0.05) is 31.0 Å². The molecule has 2 rings (SSSR count). The molecule has 0 aliphatic carbocycles. The Morgan fingerprint density at radius 1 is 1.31 bits per heavy atom. The summed E-state index contributed by atoms with van der Waals surface area (Å²) in [7, 11) is 0. The fraction of sp³-hybridized carbons (Fsp3) is 0.818. The molecule has 0 radical (unpaired) electrons. The molecule has 2 aliphatic rings. The molecule has 90 valence electrons. The highest BCUT2D eigenvalue weighted by Gasteiger charge is 2.28. The molecule has 2 heterocycles. The highest BCUT2D eigenvalue weighted by Crippen LogP contribution is 2.15. The van der Waals surface area contributed by atoms with Gasteiger partial charge >= 0.3 is 0 Å². The van der Waals surface area contributed by atoms with E-state index < -0.39 is 0 Å². The summed E-state index contributed by atoms with van der Waals surface area (Å²) >= 11 is 1.69. The number of thioether (sulfide) groups is 1. The van der Waals surface area contributed by atoms with E-state index in [-0.39, 0.29) is 17.9 Å². The normalized spacial score (nSPS) is 27.1. The van der Waals surface area contributed by atoms with E-state index in [1.54, 1.807) is 11.8 Å². The minimum absolute atomic E-state index is 0.0142. The van der Waals surface area contributed by atoms with Gasteiger partial charge in [0.05, 0.1) is 0 Å². The molecule has 4 nitrogen and oxygen atoms in total. The molecule has 16 heavy (non-hydrogen) atoms. The van der Waals surface area contributed by atoms with E-state index in [9.17, 15) is 9.59 Å². The molecule has 0 saturated carbocycles. The first-order chi connectivity index (χ1) is 7.77. The Morgan fingerprint density at radius 2 is 2.06 bits per heavy atom. The van der Waals surface area contributed by atoms with E-state index in [2.05, 4.69) is 5.32 Å². The van der Waals surface area contributed by atoms with Crippen molar-refractivity contribution >= 4 is 23.6 Å². The van der Waals surface area contributed by atoms with Crippen LogP contribution in [0.2, 0.25) is 0 Å². The Labute approximate surface area is 100 Å². The summed E-state index contributed by atoms with van der Waals surface area (Å²) in [6, 6.07) is -0.293. The minimum Gasteiger partial charge on any atom is -0.343 e. The molecule has 0 aromatic heterocycles. The van der Waals surface area contributed by atoms with Crippen LogP contribution in [-0.4, -0.2) is 47.4 Å². The van der Waals surface area contributed by atoms with Crippen LogP contribution < -0.4 is 5.32 Å². The number of piperidine rings is 1. The summed E-state index contributed by atoms with van der Waals surface area (Å²) < 4.78 is 0. The van der Waals surface area contributed by atoms with Crippen molar-refractivity contribution in [2.24, 2.45) is 0 Å². The fourth-order valence-electron chi connectivity index (χ4n) is 2.14. The van der Waals surface area contributed by atoms with Gasteiger partial charge in [0.1, 0.15) is 6.04 Å². The fourth-order valence-corrected chi connectivity index (χ4v) is 3.10. The van der Waals surface area contributed by atoms with Crippen LogP contribution in [0.25, 0.3) is 0 Å². The van der Waals surface area contributed by atoms with Crippen LogP contribution in [-0.2, 0) is 9.59 Å². The second kappa shape index (κ2) is 5.57. The third kappa shape index (κ3) is 2.90. The highest BCUT2D eigenvalue weighted by atomic mass is 32.2. The Morgan fingerprint density at radius 3 is 2.81 bits per heavy atom. The van der Waals surface area contributed by atoms with E-state index in [1.807, 2.05) is 4.90 Å². The van der Waals surface area contributed by atoms with Crippen molar-refractivity contribution in [2.75, 3.05) is 24.6 Å². The zero-order valence-electron chi connectivity index (χ0n) is 9.41. The third-order valence-electron chi connectivity index (χ3n) is 3.06. The largest absolute Gasteiger partial charge is 0.343 e. The molecule has 1 atom stereocenters. The highest BCUT2D eigenvalue weighted by molar-refractivity contribution is 7.99. The van der Waals surface area contributed by atoms with Gasteiger partial charge in [-0.2, -0.15) is 11.8 Å². The Balaban J connectivity index is 1.93. The molecule has 2 saturated heterocycles. The van der Waals surface area contributed by atoms with Gasteiger partial charge in [-0.1, -0.05) is 0 Å². The average molecular weight is 242 g/mol. The van der Waals surface area contributed by atoms with Crippen molar-refractivity contribution < 1.29 is 9.59 Å². The number of likely N-dealkylation sites (tertiary alicyclic amines) is 1.